The number of allylic oxidation sites excluding steroid dienone is 4. The fourth-order valence-corrected chi connectivity index (χ4v) is 7.68. The largest absolute Gasteiger partial charge is 0.435 e. The Bertz CT molecular complexity index is 2310. The van der Waals surface area contributed by atoms with E-state index in [-0.39, 0.29) is 5.41 Å². The van der Waals surface area contributed by atoms with Gasteiger partial charge in [0.1, 0.15) is 5.52 Å². The van der Waals surface area contributed by atoms with Crippen molar-refractivity contribution in [1.29, 1.82) is 0 Å². The number of oxazole rings is 1. The molecule has 6 aromatic carbocycles. The van der Waals surface area contributed by atoms with Crippen molar-refractivity contribution < 1.29 is 4.42 Å². The Kier molecular flexibility index (Phi) is 5.67. The Morgan fingerprint density at radius 2 is 1.36 bits per heavy atom. The molecule has 0 aliphatic heterocycles. The van der Waals surface area contributed by atoms with Gasteiger partial charge in [0.15, 0.2) is 5.58 Å². The Hall–Kier alpha value is -5.41. The maximum absolute atomic E-state index is 6.53. The molecule has 0 N–H and O–H groups in total. The summed E-state index contributed by atoms with van der Waals surface area (Å²) in [4.78, 5) is 7.27. The highest BCUT2D eigenvalue weighted by Gasteiger charge is 2.44. The lowest BCUT2D eigenvalue weighted by atomic mass is 9.74. The number of anilines is 3. The molecule has 1 aromatic heterocycles. The molecule has 0 fully saturated rings. The minimum atomic E-state index is 0.0353. The van der Waals surface area contributed by atoms with Gasteiger partial charge in [0.05, 0.1) is 0 Å². The van der Waals surface area contributed by atoms with Gasteiger partial charge < -0.3 is 9.32 Å². The smallest absolute Gasteiger partial charge is 0.227 e. The van der Waals surface area contributed by atoms with Crippen molar-refractivity contribution in [3.8, 4) is 11.5 Å². The Labute approximate surface area is 262 Å². The lowest BCUT2D eigenvalue weighted by molar-refractivity contribution is 0.394. The molecule has 1 heterocycles. The molecule has 0 radical (unpaired) electrons. The van der Waals surface area contributed by atoms with Gasteiger partial charge in [0.2, 0.25) is 5.89 Å². The molecule has 2 atom stereocenters. The van der Waals surface area contributed by atoms with Crippen molar-refractivity contribution >= 4 is 49.7 Å². The molecule has 0 amide bonds. The van der Waals surface area contributed by atoms with Gasteiger partial charge >= 0.3 is 0 Å². The van der Waals surface area contributed by atoms with Crippen LogP contribution in [0.3, 0.4) is 0 Å². The highest BCUT2D eigenvalue weighted by atomic mass is 16.3. The predicted molar refractivity (Wildman–Crippen MR) is 187 cm³/mol. The molecule has 7 aromatic rings. The molecule has 2 aliphatic rings. The fourth-order valence-electron chi connectivity index (χ4n) is 7.68. The maximum atomic E-state index is 6.53. The fraction of sp³-hybridized carbons (Fsp3) is 0.119. The van der Waals surface area contributed by atoms with Crippen LogP contribution in [0.2, 0.25) is 0 Å². The van der Waals surface area contributed by atoms with Crippen LogP contribution in [0.1, 0.15) is 30.9 Å². The molecule has 3 heteroatoms. The molecule has 45 heavy (non-hydrogen) atoms. The van der Waals surface area contributed by atoms with Gasteiger partial charge in [-0.3, -0.25) is 0 Å². The van der Waals surface area contributed by atoms with E-state index in [0.29, 0.717) is 17.7 Å². The summed E-state index contributed by atoms with van der Waals surface area (Å²) in [7, 11) is 0. The molecule has 0 spiro atoms. The maximum Gasteiger partial charge on any atom is 0.227 e. The second-order valence-electron chi connectivity index (χ2n) is 12.9. The third kappa shape index (κ3) is 4.00. The van der Waals surface area contributed by atoms with Gasteiger partial charge in [-0.1, -0.05) is 105 Å². The first-order valence-electron chi connectivity index (χ1n) is 15.7. The quantitative estimate of drug-likeness (QED) is 0.194. The van der Waals surface area contributed by atoms with Crippen LogP contribution >= 0.6 is 0 Å². The number of para-hydroxylation sites is 1. The minimum Gasteiger partial charge on any atom is -0.435 e. The third-order valence-electron chi connectivity index (χ3n) is 9.95. The zero-order valence-corrected chi connectivity index (χ0v) is 25.3. The van der Waals surface area contributed by atoms with E-state index >= 15 is 0 Å². The molecule has 2 aliphatic carbocycles. The Morgan fingerprint density at radius 3 is 2.20 bits per heavy atom. The number of hydrogen-bond donors (Lipinski definition) is 0. The van der Waals surface area contributed by atoms with Gasteiger partial charge in [0, 0.05) is 33.9 Å². The first-order valence-corrected chi connectivity index (χ1v) is 15.7. The van der Waals surface area contributed by atoms with Crippen LogP contribution in [0.15, 0.2) is 150 Å². The van der Waals surface area contributed by atoms with E-state index in [4.69, 9.17) is 9.40 Å². The normalized spacial score (nSPS) is 18.0. The van der Waals surface area contributed by atoms with E-state index in [1.54, 1.807) is 0 Å². The summed E-state index contributed by atoms with van der Waals surface area (Å²) in [6.07, 6.45) is 9.17. The van der Waals surface area contributed by atoms with Crippen molar-refractivity contribution in [3.63, 3.8) is 0 Å². The summed E-state index contributed by atoms with van der Waals surface area (Å²) in [5.41, 5.74) is 8.96. The zero-order valence-electron chi connectivity index (χ0n) is 25.3. The van der Waals surface area contributed by atoms with Crippen LogP contribution < -0.4 is 4.90 Å². The second-order valence-corrected chi connectivity index (χ2v) is 12.9. The molecule has 0 saturated carbocycles. The third-order valence-corrected chi connectivity index (χ3v) is 9.95. The zero-order chi connectivity index (χ0) is 30.1. The van der Waals surface area contributed by atoms with Crippen molar-refractivity contribution in [3.05, 3.63) is 157 Å². The van der Waals surface area contributed by atoms with Crippen LogP contribution in [0.25, 0.3) is 44.1 Å². The van der Waals surface area contributed by atoms with E-state index in [0.717, 1.165) is 49.9 Å². The van der Waals surface area contributed by atoms with Crippen molar-refractivity contribution in [1.82, 2.24) is 4.98 Å². The van der Waals surface area contributed by atoms with E-state index in [2.05, 4.69) is 134 Å². The van der Waals surface area contributed by atoms with Crippen LogP contribution in [0.5, 0.6) is 0 Å². The van der Waals surface area contributed by atoms with E-state index in [9.17, 15) is 0 Å². The van der Waals surface area contributed by atoms with Crippen LogP contribution in [-0.2, 0) is 5.41 Å². The number of aromatic nitrogens is 1. The summed E-state index contributed by atoms with van der Waals surface area (Å²) >= 11 is 0. The van der Waals surface area contributed by atoms with Gasteiger partial charge in [-0.2, -0.15) is 0 Å². The number of nitrogens with zero attached hydrogens (tertiary/aromatic N) is 2. The van der Waals surface area contributed by atoms with Crippen LogP contribution in [0.4, 0.5) is 17.1 Å². The molecule has 216 valence electrons. The average Bonchev–Trinajstić information content (AvgIpc) is 3.63. The molecule has 9 rings (SSSR count). The topological polar surface area (TPSA) is 29.3 Å². The highest BCUT2D eigenvalue weighted by Crippen LogP contribution is 2.54. The van der Waals surface area contributed by atoms with Gasteiger partial charge in [-0.05, 0) is 93.2 Å². The average molecular weight is 581 g/mol. The Morgan fingerprint density at radius 1 is 0.667 bits per heavy atom. The SMILES string of the molecule is CC1(C)c2cc(N(c3ccccc3)c3ccc4ccc5ccc6nc(-c7ccccc7)oc6c5c4c3)ccc2C2C=CC=CC21. The Balaban J connectivity index is 1.25. The molecule has 0 bridgehead atoms. The van der Waals surface area contributed by atoms with E-state index < -0.39 is 0 Å². The first kappa shape index (κ1) is 26.0. The predicted octanol–water partition coefficient (Wildman–Crippen LogP) is 11.4. The standard InChI is InChI=1S/C42H32N2O/c1-42(2)36-16-10-9-15-33(36)34-23-22-32(26-37(34)42)44(30-13-7-4-8-14-30)31-21-19-27-17-18-28-20-24-38-40(39(28)35(27)25-31)45-41(43-38)29-11-5-3-6-12-29/h3-26,33,36H,1-2H3. The molecule has 0 saturated heterocycles. The lowest BCUT2D eigenvalue weighted by Crippen LogP contribution is -2.24. The van der Waals surface area contributed by atoms with Crippen LogP contribution in [-0.4, -0.2) is 4.98 Å². The number of fused-ring (bicyclic) bond motifs is 8. The first-order chi connectivity index (χ1) is 22.1. The summed E-state index contributed by atoms with van der Waals surface area (Å²) in [6.45, 7) is 4.79. The summed E-state index contributed by atoms with van der Waals surface area (Å²) < 4.78 is 6.53. The number of hydrogen-bond acceptors (Lipinski definition) is 3. The van der Waals surface area contributed by atoms with Crippen molar-refractivity contribution in [2.75, 3.05) is 4.90 Å². The lowest BCUT2D eigenvalue weighted by Gasteiger charge is -2.30. The molecular weight excluding hydrogens is 548 g/mol. The van der Waals surface area contributed by atoms with Crippen molar-refractivity contribution in [2.24, 2.45) is 5.92 Å². The van der Waals surface area contributed by atoms with Crippen molar-refractivity contribution in [2.45, 2.75) is 25.2 Å². The molecule has 3 nitrogen and oxygen atoms in total. The van der Waals surface area contributed by atoms with E-state index in [1.165, 1.54) is 16.5 Å². The van der Waals surface area contributed by atoms with Crippen LogP contribution in [0, 0.1) is 5.92 Å². The molecular formula is C42H32N2O. The van der Waals surface area contributed by atoms with Gasteiger partial charge in [0.25, 0.3) is 0 Å². The molecule has 2 unspecified atom stereocenters. The summed E-state index contributed by atoms with van der Waals surface area (Å²) in [5.74, 6) is 1.54. The second kappa shape index (κ2) is 9.80. The number of benzene rings is 6. The van der Waals surface area contributed by atoms with E-state index in [1.807, 2.05) is 30.3 Å². The summed E-state index contributed by atoms with van der Waals surface area (Å²) in [6, 6.07) is 43.3. The van der Waals surface area contributed by atoms with Gasteiger partial charge in [-0.15, -0.1) is 0 Å². The minimum absolute atomic E-state index is 0.0353. The number of rotatable bonds is 4. The summed E-state index contributed by atoms with van der Waals surface area (Å²) in [5, 5.41) is 4.54. The monoisotopic (exact) mass is 580 g/mol. The highest BCUT2D eigenvalue weighted by molar-refractivity contribution is 6.18. The van der Waals surface area contributed by atoms with Gasteiger partial charge in [-0.25, -0.2) is 4.98 Å².